The van der Waals surface area contributed by atoms with Crippen molar-refractivity contribution in [2.24, 2.45) is 0 Å². The third-order valence-corrected chi connectivity index (χ3v) is 2.88. The van der Waals surface area contributed by atoms with E-state index in [4.69, 9.17) is 0 Å². The predicted octanol–water partition coefficient (Wildman–Crippen LogP) is 3.76. The van der Waals surface area contributed by atoms with Gasteiger partial charge in [0.25, 0.3) is 0 Å². The first-order valence-corrected chi connectivity index (χ1v) is 5.85. The zero-order valence-corrected chi connectivity index (χ0v) is 10.5. The molecular weight excluding hydrogens is 229 g/mol. The summed E-state index contributed by atoms with van der Waals surface area (Å²) in [5.41, 5.74) is 3.34. The highest BCUT2D eigenvalue weighted by Crippen LogP contribution is 2.21. The Morgan fingerprint density at radius 1 is 1.11 bits per heavy atom. The molecule has 18 heavy (non-hydrogen) atoms. The van der Waals surface area contributed by atoms with Gasteiger partial charge in [0.1, 0.15) is 11.6 Å². The van der Waals surface area contributed by atoms with Crippen molar-refractivity contribution < 1.29 is 9.50 Å². The standard InChI is InChI=1S/C15H16FNO/c1-10-3-5-14(16)12(7-10)9-17-13-4-6-15(18)11(2)8-13/h3-8,17-18H,9H2,1-2H3. The van der Waals surface area contributed by atoms with Crippen LogP contribution in [0.3, 0.4) is 0 Å². The molecule has 0 aromatic heterocycles. The molecule has 2 N–H and O–H groups in total. The fourth-order valence-electron chi connectivity index (χ4n) is 1.80. The molecule has 0 unspecified atom stereocenters. The number of hydrogen-bond donors (Lipinski definition) is 2. The van der Waals surface area contributed by atoms with Crippen LogP contribution in [-0.4, -0.2) is 5.11 Å². The first kappa shape index (κ1) is 12.4. The average Bonchev–Trinajstić information content (AvgIpc) is 2.34. The third-order valence-electron chi connectivity index (χ3n) is 2.88. The van der Waals surface area contributed by atoms with Gasteiger partial charge in [-0.05, 0) is 43.7 Å². The molecule has 2 nitrogen and oxygen atoms in total. The van der Waals surface area contributed by atoms with Gasteiger partial charge in [-0.15, -0.1) is 0 Å². The number of anilines is 1. The molecule has 0 heterocycles. The Morgan fingerprint density at radius 2 is 1.89 bits per heavy atom. The fourth-order valence-corrected chi connectivity index (χ4v) is 1.80. The zero-order chi connectivity index (χ0) is 13.1. The second kappa shape index (κ2) is 5.08. The topological polar surface area (TPSA) is 32.3 Å². The van der Waals surface area contributed by atoms with E-state index in [0.29, 0.717) is 12.1 Å². The van der Waals surface area contributed by atoms with Crippen molar-refractivity contribution in [1.29, 1.82) is 0 Å². The van der Waals surface area contributed by atoms with Crippen LogP contribution >= 0.6 is 0 Å². The van der Waals surface area contributed by atoms with Crippen LogP contribution in [0.2, 0.25) is 0 Å². The number of nitrogens with one attached hydrogen (secondary N) is 1. The van der Waals surface area contributed by atoms with Crippen molar-refractivity contribution in [2.45, 2.75) is 20.4 Å². The third kappa shape index (κ3) is 2.80. The smallest absolute Gasteiger partial charge is 0.128 e. The number of rotatable bonds is 3. The second-order valence-electron chi connectivity index (χ2n) is 4.45. The van der Waals surface area contributed by atoms with Crippen molar-refractivity contribution in [1.82, 2.24) is 0 Å². The molecule has 0 saturated carbocycles. The highest BCUT2D eigenvalue weighted by atomic mass is 19.1. The fraction of sp³-hybridized carbons (Fsp3) is 0.200. The molecule has 2 aromatic carbocycles. The molecule has 2 rings (SSSR count). The number of halogens is 1. The Kier molecular flexibility index (Phi) is 3.51. The van der Waals surface area contributed by atoms with Crippen LogP contribution in [0.25, 0.3) is 0 Å². The molecule has 0 aliphatic carbocycles. The second-order valence-corrected chi connectivity index (χ2v) is 4.45. The Labute approximate surface area is 106 Å². The predicted molar refractivity (Wildman–Crippen MR) is 71.3 cm³/mol. The normalized spacial score (nSPS) is 10.4. The van der Waals surface area contributed by atoms with Gasteiger partial charge in [-0.3, -0.25) is 0 Å². The number of phenolic OH excluding ortho intramolecular Hbond substituents is 1. The van der Waals surface area contributed by atoms with Crippen LogP contribution < -0.4 is 5.32 Å². The van der Waals surface area contributed by atoms with Gasteiger partial charge in [-0.2, -0.15) is 0 Å². The summed E-state index contributed by atoms with van der Waals surface area (Å²) in [6, 6.07) is 10.3. The summed E-state index contributed by atoms with van der Waals surface area (Å²) < 4.78 is 13.5. The van der Waals surface area contributed by atoms with E-state index < -0.39 is 0 Å². The Hall–Kier alpha value is -2.03. The van der Waals surface area contributed by atoms with Crippen molar-refractivity contribution >= 4 is 5.69 Å². The summed E-state index contributed by atoms with van der Waals surface area (Å²) in [5, 5.41) is 12.6. The Bertz CT molecular complexity index is 566. The van der Waals surface area contributed by atoms with Gasteiger partial charge in [0.2, 0.25) is 0 Å². The van der Waals surface area contributed by atoms with E-state index in [1.54, 1.807) is 18.2 Å². The maximum Gasteiger partial charge on any atom is 0.128 e. The monoisotopic (exact) mass is 245 g/mol. The van der Waals surface area contributed by atoms with Crippen LogP contribution in [0.1, 0.15) is 16.7 Å². The van der Waals surface area contributed by atoms with Gasteiger partial charge >= 0.3 is 0 Å². The van der Waals surface area contributed by atoms with E-state index in [1.165, 1.54) is 6.07 Å². The van der Waals surface area contributed by atoms with Crippen molar-refractivity contribution in [2.75, 3.05) is 5.32 Å². The van der Waals surface area contributed by atoms with E-state index in [-0.39, 0.29) is 11.6 Å². The minimum absolute atomic E-state index is 0.205. The molecule has 0 aliphatic rings. The average molecular weight is 245 g/mol. The van der Waals surface area contributed by atoms with E-state index in [0.717, 1.165) is 16.8 Å². The maximum atomic E-state index is 13.5. The van der Waals surface area contributed by atoms with Gasteiger partial charge in [0.05, 0.1) is 0 Å². The van der Waals surface area contributed by atoms with Gasteiger partial charge in [0.15, 0.2) is 0 Å². The number of aryl methyl sites for hydroxylation is 2. The van der Waals surface area contributed by atoms with Gasteiger partial charge in [-0.25, -0.2) is 4.39 Å². The van der Waals surface area contributed by atoms with E-state index in [9.17, 15) is 9.50 Å². The van der Waals surface area contributed by atoms with Crippen LogP contribution in [0.15, 0.2) is 36.4 Å². The Balaban J connectivity index is 2.11. The molecule has 0 radical (unpaired) electrons. The number of phenols is 1. The minimum Gasteiger partial charge on any atom is -0.508 e. The van der Waals surface area contributed by atoms with E-state index in [1.807, 2.05) is 26.0 Å². The van der Waals surface area contributed by atoms with Crippen molar-refractivity contribution in [3.63, 3.8) is 0 Å². The molecule has 94 valence electrons. The lowest BCUT2D eigenvalue weighted by molar-refractivity contribution is 0.471. The number of benzene rings is 2. The van der Waals surface area contributed by atoms with Crippen molar-refractivity contribution in [3.05, 3.63) is 58.9 Å². The van der Waals surface area contributed by atoms with Crippen LogP contribution in [0.4, 0.5) is 10.1 Å². The molecular formula is C15H16FNO. The summed E-state index contributed by atoms with van der Waals surface area (Å²) in [6.07, 6.45) is 0. The summed E-state index contributed by atoms with van der Waals surface area (Å²) in [6.45, 7) is 4.19. The first-order valence-electron chi connectivity index (χ1n) is 5.85. The molecule has 0 saturated heterocycles. The summed E-state index contributed by atoms with van der Waals surface area (Å²) in [5.74, 6) is 0.0610. The highest BCUT2D eigenvalue weighted by Gasteiger charge is 2.03. The van der Waals surface area contributed by atoms with Crippen molar-refractivity contribution in [3.8, 4) is 5.75 Å². The highest BCUT2D eigenvalue weighted by molar-refractivity contribution is 5.50. The molecule has 3 heteroatoms. The van der Waals surface area contributed by atoms with Crippen LogP contribution in [-0.2, 0) is 6.54 Å². The SMILES string of the molecule is Cc1ccc(F)c(CNc2ccc(O)c(C)c2)c1. The van der Waals surface area contributed by atoms with Crippen LogP contribution in [0, 0.1) is 19.7 Å². The number of aromatic hydroxyl groups is 1. The molecule has 0 amide bonds. The number of hydrogen-bond acceptors (Lipinski definition) is 2. The summed E-state index contributed by atoms with van der Waals surface area (Å²) in [4.78, 5) is 0. The Morgan fingerprint density at radius 3 is 2.61 bits per heavy atom. The minimum atomic E-state index is -0.205. The lowest BCUT2D eigenvalue weighted by Crippen LogP contribution is -2.02. The lowest BCUT2D eigenvalue weighted by Gasteiger charge is -2.09. The first-order chi connectivity index (χ1) is 8.56. The summed E-state index contributed by atoms with van der Waals surface area (Å²) >= 11 is 0. The molecule has 0 aliphatic heterocycles. The van der Waals surface area contributed by atoms with Gasteiger partial charge in [0, 0.05) is 17.8 Å². The van der Waals surface area contributed by atoms with Crippen LogP contribution in [0.5, 0.6) is 5.75 Å². The quantitative estimate of drug-likeness (QED) is 0.807. The summed E-state index contributed by atoms with van der Waals surface area (Å²) in [7, 11) is 0. The lowest BCUT2D eigenvalue weighted by atomic mass is 10.1. The molecule has 0 bridgehead atoms. The largest absolute Gasteiger partial charge is 0.508 e. The zero-order valence-electron chi connectivity index (χ0n) is 10.5. The van der Waals surface area contributed by atoms with E-state index >= 15 is 0 Å². The van der Waals surface area contributed by atoms with Gasteiger partial charge < -0.3 is 10.4 Å². The maximum absolute atomic E-state index is 13.5. The van der Waals surface area contributed by atoms with Gasteiger partial charge in [-0.1, -0.05) is 17.7 Å². The molecule has 0 atom stereocenters. The molecule has 0 fully saturated rings. The molecule has 0 spiro atoms. The van der Waals surface area contributed by atoms with E-state index in [2.05, 4.69) is 5.32 Å². The molecule has 2 aromatic rings.